The molecule has 4 fully saturated rings. The van der Waals surface area contributed by atoms with E-state index in [2.05, 4.69) is 62.7 Å². The molecule has 5 rings (SSSR count). The highest BCUT2D eigenvalue weighted by Gasteiger charge is 2.52. The smallest absolute Gasteiger partial charge is 0.0832 e. The van der Waals surface area contributed by atoms with Crippen molar-refractivity contribution < 1.29 is 15.3 Å². The number of aliphatic hydroxyl groups excluding tert-OH is 3. The summed E-state index contributed by atoms with van der Waals surface area (Å²) in [5.41, 5.74) is 5.55. The Labute approximate surface area is 222 Å². The van der Waals surface area contributed by atoms with Gasteiger partial charge in [-0.15, -0.1) is 0 Å². The zero-order valence-electron chi connectivity index (χ0n) is 22.9. The number of aryl methyl sites for hydroxylation is 1. The molecule has 4 nitrogen and oxygen atoms in total. The van der Waals surface area contributed by atoms with Gasteiger partial charge in [0.1, 0.15) is 0 Å². The van der Waals surface area contributed by atoms with Gasteiger partial charge in [-0.3, -0.25) is 4.98 Å². The quantitative estimate of drug-likeness (QED) is 0.409. The first-order chi connectivity index (χ1) is 17.6. The van der Waals surface area contributed by atoms with E-state index in [1.165, 1.54) is 36.8 Å². The van der Waals surface area contributed by atoms with Gasteiger partial charge in [0.15, 0.2) is 0 Å². The van der Waals surface area contributed by atoms with E-state index < -0.39 is 18.3 Å². The highest BCUT2D eigenvalue weighted by Crippen LogP contribution is 2.59. The van der Waals surface area contributed by atoms with Crippen LogP contribution in [-0.4, -0.2) is 38.6 Å². The van der Waals surface area contributed by atoms with Gasteiger partial charge in [0.05, 0.1) is 18.3 Å². The highest BCUT2D eigenvalue weighted by atomic mass is 16.3. The second kappa shape index (κ2) is 10.3. The van der Waals surface area contributed by atoms with E-state index in [4.69, 9.17) is 0 Å². The van der Waals surface area contributed by atoms with Crippen LogP contribution in [0.1, 0.15) is 82.9 Å². The monoisotopic (exact) mass is 503 g/mol. The minimum absolute atomic E-state index is 0.205. The molecule has 1 aromatic heterocycles. The first kappa shape index (κ1) is 26.6. The molecular weight excluding hydrogens is 458 g/mol. The lowest BCUT2D eigenvalue weighted by atomic mass is 9.61. The van der Waals surface area contributed by atoms with Crippen molar-refractivity contribution in [3.63, 3.8) is 0 Å². The fourth-order valence-corrected chi connectivity index (χ4v) is 7.85. The molecule has 37 heavy (non-hydrogen) atoms. The lowest BCUT2D eigenvalue weighted by molar-refractivity contribution is 0.0862. The molecule has 0 amide bonds. The first-order valence-electron chi connectivity index (χ1n) is 14.4. The summed E-state index contributed by atoms with van der Waals surface area (Å²) >= 11 is 0. The number of allylic oxidation sites excluding steroid dienone is 4. The Morgan fingerprint density at radius 3 is 2.65 bits per heavy atom. The van der Waals surface area contributed by atoms with Crippen molar-refractivity contribution >= 4 is 0 Å². The molecule has 1 aromatic rings. The minimum atomic E-state index is -0.639. The molecule has 0 spiro atoms. The van der Waals surface area contributed by atoms with E-state index in [0.717, 1.165) is 36.1 Å². The van der Waals surface area contributed by atoms with Gasteiger partial charge in [-0.25, -0.2) is 0 Å². The normalized spacial score (nSPS) is 37.2. The van der Waals surface area contributed by atoms with Crippen molar-refractivity contribution in [1.82, 2.24) is 4.98 Å². The molecular formula is C33H45NO3. The highest BCUT2D eigenvalue weighted by molar-refractivity contribution is 5.39. The van der Waals surface area contributed by atoms with E-state index in [1.807, 2.05) is 12.3 Å². The lowest BCUT2D eigenvalue weighted by Gasteiger charge is -2.44. The van der Waals surface area contributed by atoms with E-state index in [1.54, 1.807) is 0 Å². The molecule has 0 unspecified atom stereocenters. The predicted molar refractivity (Wildman–Crippen MR) is 149 cm³/mol. The molecule has 4 aliphatic carbocycles. The van der Waals surface area contributed by atoms with E-state index in [-0.39, 0.29) is 10.8 Å². The van der Waals surface area contributed by atoms with Crippen molar-refractivity contribution in [1.29, 1.82) is 0 Å². The molecule has 0 aliphatic heterocycles. The number of aromatic nitrogens is 1. The predicted octanol–water partition coefficient (Wildman–Crippen LogP) is 6.12. The molecule has 4 heteroatoms. The molecule has 4 saturated carbocycles. The van der Waals surface area contributed by atoms with Crippen LogP contribution in [0.2, 0.25) is 0 Å². The topological polar surface area (TPSA) is 73.6 Å². The van der Waals surface area contributed by atoms with Crippen LogP contribution in [0.4, 0.5) is 0 Å². The summed E-state index contributed by atoms with van der Waals surface area (Å²) in [6.07, 6.45) is 18.0. The Hall–Kier alpha value is -2.01. The van der Waals surface area contributed by atoms with E-state index >= 15 is 0 Å². The molecule has 0 aromatic carbocycles. The molecule has 0 radical (unpaired) electrons. The van der Waals surface area contributed by atoms with Crippen LogP contribution in [-0.2, 0) is 5.41 Å². The lowest BCUT2D eigenvalue weighted by Crippen LogP contribution is -2.35. The second-order valence-corrected chi connectivity index (χ2v) is 12.7. The average Bonchev–Trinajstić information content (AvgIpc) is 3.60. The third kappa shape index (κ3) is 5.05. The standard InChI is InChI=1S/C33H45NO3/c1-21-13-17-34-30(18-21)33(15-16-33)31(37)12-7-22(2)27-10-11-28-24(6-5-14-32(27,28)4)8-9-25-19-26(35)20-29(36)23(25)3/h7-9,12-13,17-18,22,26-29,31,35-37H,3,5-6,10-11,14-16,19-20H2,1-2,4H3/t22-,26-,27-,28+,29+,31+,32-/m1/s1. The van der Waals surface area contributed by atoms with Gasteiger partial charge in [0.2, 0.25) is 0 Å². The van der Waals surface area contributed by atoms with E-state index in [9.17, 15) is 15.3 Å². The van der Waals surface area contributed by atoms with Crippen molar-refractivity contribution in [3.8, 4) is 0 Å². The Balaban J connectivity index is 1.29. The number of hydrogen-bond donors (Lipinski definition) is 3. The minimum Gasteiger partial charge on any atom is -0.393 e. The van der Waals surface area contributed by atoms with Crippen LogP contribution in [0.5, 0.6) is 0 Å². The maximum atomic E-state index is 11.2. The largest absolute Gasteiger partial charge is 0.393 e. The zero-order valence-corrected chi connectivity index (χ0v) is 22.9. The van der Waals surface area contributed by atoms with Gasteiger partial charge in [0, 0.05) is 23.7 Å². The van der Waals surface area contributed by atoms with Gasteiger partial charge in [-0.1, -0.05) is 50.3 Å². The third-order valence-electron chi connectivity index (χ3n) is 10.3. The van der Waals surface area contributed by atoms with Crippen LogP contribution in [0.3, 0.4) is 0 Å². The van der Waals surface area contributed by atoms with Gasteiger partial charge >= 0.3 is 0 Å². The SMILES string of the molecule is C=C1C(=CC=C2CCC[C@]3(C)[C@@H]([C@H](C)C=C[C@H](O)C4(c5cc(C)ccn5)CC4)CC[C@@H]23)C[C@@H](O)C[C@@H]1O. The summed E-state index contributed by atoms with van der Waals surface area (Å²) in [7, 11) is 0. The molecule has 0 saturated heterocycles. The van der Waals surface area contributed by atoms with Gasteiger partial charge in [-0.2, -0.15) is 0 Å². The Kier molecular flexibility index (Phi) is 7.39. The molecule has 200 valence electrons. The number of rotatable bonds is 6. The van der Waals surface area contributed by atoms with E-state index in [0.29, 0.717) is 30.6 Å². The van der Waals surface area contributed by atoms with Crippen LogP contribution >= 0.6 is 0 Å². The third-order valence-corrected chi connectivity index (χ3v) is 10.3. The summed E-state index contributed by atoms with van der Waals surface area (Å²) in [5, 5.41) is 31.5. The summed E-state index contributed by atoms with van der Waals surface area (Å²) in [6.45, 7) is 11.0. The molecule has 3 N–H and O–H groups in total. The Morgan fingerprint density at radius 1 is 1.14 bits per heavy atom. The second-order valence-electron chi connectivity index (χ2n) is 12.7. The number of nitrogens with zero attached hydrogens (tertiary/aromatic N) is 1. The van der Waals surface area contributed by atoms with Gasteiger partial charge in [0.25, 0.3) is 0 Å². The van der Waals surface area contributed by atoms with Crippen LogP contribution in [0.25, 0.3) is 0 Å². The zero-order chi connectivity index (χ0) is 26.4. The average molecular weight is 504 g/mol. The van der Waals surface area contributed by atoms with Crippen LogP contribution in [0, 0.1) is 30.1 Å². The molecule has 1 heterocycles. The summed E-state index contributed by atoms with van der Waals surface area (Å²) in [4.78, 5) is 4.60. The summed E-state index contributed by atoms with van der Waals surface area (Å²) in [5.74, 6) is 1.58. The number of pyridine rings is 1. The molecule has 0 bridgehead atoms. The number of fused-ring (bicyclic) bond motifs is 1. The van der Waals surface area contributed by atoms with Crippen molar-refractivity contribution in [2.45, 2.75) is 102 Å². The summed E-state index contributed by atoms with van der Waals surface area (Å²) < 4.78 is 0. The number of aliphatic hydroxyl groups is 3. The summed E-state index contributed by atoms with van der Waals surface area (Å²) in [6, 6.07) is 4.15. The van der Waals surface area contributed by atoms with Gasteiger partial charge < -0.3 is 15.3 Å². The Bertz CT molecular complexity index is 1110. The first-order valence-corrected chi connectivity index (χ1v) is 14.4. The fraction of sp³-hybridized carbons (Fsp3) is 0.606. The van der Waals surface area contributed by atoms with Crippen molar-refractivity contribution in [2.24, 2.45) is 23.2 Å². The maximum absolute atomic E-state index is 11.2. The van der Waals surface area contributed by atoms with Crippen LogP contribution in [0.15, 0.2) is 65.9 Å². The van der Waals surface area contributed by atoms with Crippen molar-refractivity contribution in [3.05, 3.63) is 77.2 Å². The molecule has 4 aliphatic rings. The van der Waals surface area contributed by atoms with Gasteiger partial charge in [-0.05, 0) is 110 Å². The Morgan fingerprint density at radius 2 is 1.92 bits per heavy atom. The fourth-order valence-electron chi connectivity index (χ4n) is 7.85. The number of hydrogen-bond acceptors (Lipinski definition) is 4. The molecule has 7 atom stereocenters. The van der Waals surface area contributed by atoms with Crippen LogP contribution < -0.4 is 0 Å². The maximum Gasteiger partial charge on any atom is 0.0832 e. The van der Waals surface area contributed by atoms with Crippen molar-refractivity contribution in [2.75, 3.05) is 0 Å².